The molecule has 0 unspecified atom stereocenters. The number of allylic oxidation sites excluding steroid dienone is 2. The lowest BCUT2D eigenvalue weighted by molar-refractivity contribution is -0.121. The summed E-state index contributed by atoms with van der Waals surface area (Å²) in [5, 5.41) is 4.65. The quantitative estimate of drug-likeness (QED) is 0.741. The average molecular weight is 326 g/mol. The monoisotopic (exact) mass is 326 g/mol. The van der Waals surface area contributed by atoms with E-state index in [0.717, 1.165) is 24.1 Å². The zero-order valence-corrected chi connectivity index (χ0v) is 14.8. The molecule has 3 rings (SSSR count). The number of Topliss-reactive ketones (excluding diaryl/α,β-unsaturated/α-hetero) is 1. The Bertz CT molecular complexity index is 812. The molecule has 0 saturated carbocycles. The van der Waals surface area contributed by atoms with E-state index in [-0.39, 0.29) is 29.2 Å². The predicted molar refractivity (Wildman–Crippen MR) is 89.2 cm³/mol. The van der Waals surface area contributed by atoms with Crippen molar-refractivity contribution in [3.63, 3.8) is 0 Å². The van der Waals surface area contributed by atoms with Gasteiger partial charge in [0.05, 0.1) is 12.3 Å². The number of carbonyl (C=O) groups is 2. The number of aromatic nitrogens is 2. The van der Waals surface area contributed by atoms with Crippen LogP contribution in [0.5, 0.6) is 0 Å². The second-order valence-corrected chi connectivity index (χ2v) is 7.22. The SMILES string of the molecule is [C-]#[N+]C1=C[C@]2(C)c3nn(C)c(C(=O)N(C)C)c3CC[C@H]2[C@H](C)C1=O. The van der Waals surface area contributed by atoms with Crippen molar-refractivity contribution in [1.82, 2.24) is 14.7 Å². The third-order valence-corrected chi connectivity index (χ3v) is 5.57. The van der Waals surface area contributed by atoms with E-state index in [0.29, 0.717) is 5.69 Å². The summed E-state index contributed by atoms with van der Waals surface area (Å²) in [5.74, 6) is -0.230. The minimum Gasteiger partial charge on any atom is -0.343 e. The normalized spacial score (nSPS) is 28.5. The summed E-state index contributed by atoms with van der Waals surface area (Å²) < 4.78 is 1.65. The summed E-state index contributed by atoms with van der Waals surface area (Å²) in [6.07, 6.45) is 3.33. The van der Waals surface area contributed by atoms with Gasteiger partial charge in [0, 0.05) is 38.0 Å². The number of fused-ring (bicyclic) bond motifs is 3. The van der Waals surface area contributed by atoms with E-state index in [1.54, 1.807) is 36.8 Å². The van der Waals surface area contributed by atoms with Gasteiger partial charge in [0.1, 0.15) is 5.69 Å². The van der Waals surface area contributed by atoms with E-state index in [2.05, 4.69) is 9.94 Å². The lowest BCUT2D eigenvalue weighted by atomic mass is 9.58. The molecule has 0 saturated heterocycles. The maximum atomic E-state index is 12.5. The Morgan fingerprint density at radius 1 is 1.50 bits per heavy atom. The molecule has 1 heterocycles. The summed E-state index contributed by atoms with van der Waals surface area (Å²) in [4.78, 5) is 29.9. The van der Waals surface area contributed by atoms with Gasteiger partial charge >= 0.3 is 0 Å². The minimum atomic E-state index is -0.483. The van der Waals surface area contributed by atoms with Crippen LogP contribution in [0.2, 0.25) is 0 Å². The molecule has 0 bridgehead atoms. The number of hydrogen-bond donors (Lipinski definition) is 0. The molecule has 0 spiro atoms. The zero-order valence-electron chi connectivity index (χ0n) is 14.8. The molecule has 6 nitrogen and oxygen atoms in total. The van der Waals surface area contributed by atoms with Crippen LogP contribution in [-0.4, -0.2) is 40.5 Å². The van der Waals surface area contributed by atoms with Crippen LogP contribution in [0.25, 0.3) is 4.85 Å². The molecule has 0 fully saturated rings. The standard InChI is InChI=1S/C18H22N4O2/c1-10-12-8-7-11-14(17(24)21(4)5)22(6)20-16(11)18(12,2)9-13(19-3)15(10)23/h9-10,12H,7-8H2,1-2,4-6H3/t10-,12-,18-/m0/s1. The fourth-order valence-corrected chi connectivity index (χ4v) is 4.30. The summed E-state index contributed by atoms with van der Waals surface area (Å²) >= 11 is 0. The highest BCUT2D eigenvalue weighted by Gasteiger charge is 2.50. The fraction of sp³-hybridized carbons (Fsp3) is 0.556. The Balaban J connectivity index is 2.23. The van der Waals surface area contributed by atoms with Crippen molar-refractivity contribution < 1.29 is 9.59 Å². The fourth-order valence-electron chi connectivity index (χ4n) is 4.30. The highest BCUT2D eigenvalue weighted by atomic mass is 16.2. The first-order valence-electron chi connectivity index (χ1n) is 8.15. The van der Waals surface area contributed by atoms with E-state index in [9.17, 15) is 9.59 Å². The van der Waals surface area contributed by atoms with Crippen LogP contribution in [0.4, 0.5) is 0 Å². The summed E-state index contributed by atoms with van der Waals surface area (Å²) in [7, 11) is 5.24. The molecule has 126 valence electrons. The van der Waals surface area contributed by atoms with Crippen LogP contribution in [0.1, 0.15) is 42.0 Å². The molecule has 2 aliphatic carbocycles. The van der Waals surface area contributed by atoms with Crippen LogP contribution in [-0.2, 0) is 23.7 Å². The Labute approximate surface area is 141 Å². The Morgan fingerprint density at radius 3 is 2.75 bits per heavy atom. The van der Waals surface area contributed by atoms with Gasteiger partial charge in [0.2, 0.25) is 5.70 Å². The largest absolute Gasteiger partial charge is 0.343 e. The number of rotatable bonds is 1. The minimum absolute atomic E-state index is 0.0670. The van der Waals surface area contributed by atoms with Gasteiger partial charge in [-0.1, -0.05) is 19.9 Å². The van der Waals surface area contributed by atoms with Gasteiger partial charge in [-0.2, -0.15) is 5.10 Å². The van der Waals surface area contributed by atoms with E-state index in [1.807, 2.05) is 13.8 Å². The molecule has 1 aromatic rings. The van der Waals surface area contributed by atoms with Crippen molar-refractivity contribution in [3.8, 4) is 0 Å². The molecule has 6 heteroatoms. The predicted octanol–water partition coefficient (Wildman–Crippen LogP) is 1.96. The first-order valence-corrected chi connectivity index (χ1v) is 8.15. The third kappa shape index (κ3) is 2.04. The van der Waals surface area contributed by atoms with Crippen LogP contribution in [0.15, 0.2) is 11.8 Å². The van der Waals surface area contributed by atoms with Crippen molar-refractivity contribution in [2.24, 2.45) is 18.9 Å². The molecular weight excluding hydrogens is 304 g/mol. The molecule has 2 aliphatic rings. The molecule has 0 radical (unpaired) electrons. The van der Waals surface area contributed by atoms with Gasteiger partial charge in [-0.3, -0.25) is 9.48 Å². The Hall–Kier alpha value is -2.42. The van der Waals surface area contributed by atoms with Crippen molar-refractivity contribution in [2.45, 2.75) is 32.1 Å². The summed E-state index contributed by atoms with van der Waals surface area (Å²) in [6, 6.07) is 0. The molecule has 1 amide bonds. The maximum Gasteiger partial charge on any atom is 0.271 e. The Morgan fingerprint density at radius 2 is 2.17 bits per heavy atom. The number of carbonyl (C=O) groups excluding carboxylic acids is 2. The highest BCUT2D eigenvalue weighted by molar-refractivity contribution is 6.00. The number of nitrogens with zero attached hydrogens (tertiary/aromatic N) is 4. The molecule has 3 atom stereocenters. The van der Waals surface area contributed by atoms with Crippen LogP contribution in [0, 0.1) is 18.4 Å². The number of aryl methyl sites for hydroxylation is 1. The van der Waals surface area contributed by atoms with E-state index in [1.165, 1.54) is 0 Å². The Kier molecular flexibility index (Phi) is 3.63. The van der Waals surface area contributed by atoms with Crippen LogP contribution < -0.4 is 0 Å². The van der Waals surface area contributed by atoms with Gasteiger partial charge in [-0.15, -0.1) is 0 Å². The van der Waals surface area contributed by atoms with Gasteiger partial charge in [0.15, 0.2) is 5.78 Å². The summed E-state index contributed by atoms with van der Waals surface area (Å²) in [5.41, 5.74) is 2.12. The van der Waals surface area contributed by atoms with E-state index in [4.69, 9.17) is 6.57 Å². The number of amides is 1. The summed E-state index contributed by atoms with van der Waals surface area (Å²) in [6.45, 7) is 11.3. The highest BCUT2D eigenvalue weighted by Crippen LogP contribution is 2.50. The average Bonchev–Trinajstić information content (AvgIpc) is 2.87. The topological polar surface area (TPSA) is 59.6 Å². The molecule has 0 aromatic carbocycles. The second kappa shape index (κ2) is 5.30. The molecule has 0 aliphatic heterocycles. The van der Waals surface area contributed by atoms with Gasteiger partial charge in [-0.25, -0.2) is 4.85 Å². The van der Waals surface area contributed by atoms with Crippen molar-refractivity contribution in [2.75, 3.05) is 14.1 Å². The van der Waals surface area contributed by atoms with Gasteiger partial charge < -0.3 is 9.69 Å². The molecule has 24 heavy (non-hydrogen) atoms. The molecule has 0 N–H and O–H groups in total. The number of ketones is 1. The van der Waals surface area contributed by atoms with Crippen molar-refractivity contribution in [1.29, 1.82) is 0 Å². The van der Waals surface area contributed by atoms with Crippen LogP contribution in [0.3, 0.4) is 0 Å². The van der Waals surface area contributed by atoms with Gasteiger partial charge in [-0.05, 0) is 18.8 Å². The first kappa shape index (κ1) is 16.4. The third-order valence-electron chi connectivity index (χ3n) is 5.57. The molecular formula is C18H22N4O2. The maximum absolute atomic E-state index is 12.5. The van der Waals surface area contributed by atoms with Crippen LogP contribution >= 0.6 is 0 Å². The lowest BCUT2D eigenvalue weighted by Gasteiger charge is -2.44. The first-order chi connectivity index (χ1) is 11.2. The second-order valence-electron chi connectivity index (χ2n) is 7.22. The van der Waals surface area contributed by atoms with Crippen molar-refractivity contribution in [3.05, 3.63) is 40.1 Å². The smallest absolute Gasteiger partial charge is 0.271 e. The van der Waals surface area contributed by atoms with Crippen molar-refractivity contribution >= 4 is 11.7 Å². The zero-order chi connectivity index (χ0) is 17.8. The van der Waals surface area contributed by atoms with E-state index >= 15 is 0 Å². The lowest BCUT2D eigenvalue weighted by Crippen LogP contribution is -2.45. The number of hydrogen-bond acceptors (Lipinski definition) is 3. The van der Waals surface area contributed by atoms with Gasteiger partial charge in [0.25, 0.3) is 5.91 Å². The van der Waals surface area contributed by atoms with E-state index < -0.39 is 5.41 Å². The molecule has 1 aromatic heterocycles.